The van der Waals surface area contributed by atoms with Crippen molar-refractivity contribution in [3.8, 4) is 11.5 Å². The summed E-state index contributed by atoms with van der Waals surface area (Å²) < 4.78 is 0. The molecule has 52 heavy (non-hydrogen) atoms. The molecular formula is C42H44ClN3O6. The standard InChI is InChI=1S/C23H16O6.C19H28ClN3/c24-20-16(14-7-3-1-5-12(14)9-18(20)22(26)27)11-17-15-8-4-2-6-13(15)10-19(21(17)25)23(28)29;1-5-23(6-2)11-7-8-15(4)22-19-14(3)13-21-18-10-9-16(20)12-17(18)19/h1-10,24-25H,11H2,(H,26,27)(H,28,29);9-10,12-13,15H,5-8,11H2,1-4H3,(H,21,22). The Balaban J connectivity index is 0.000000207. The molecule has 1 atom stereocenters. The molecule has 0 aliphatic rings. The molecule has 1 heterocycles. The van der Waals surface area contributed by atoms with Gasteiger partial charge in [-0.15, -0.1) is 0 Å². The predicted molar refractivity (Wildman–Crippen MR) is 210 cm³/mol. The van der Waals surface area contributed by atoms with Gasteiger partial charge in [-0.1, -0.05) is 74.0 Å². The van der Waals surface area contributed by atoms with E-state index in [1.165, 1.54) is 25.1 Å². The van der Waals surface area contributed by atoms with Gasteiger partial charge in [-0.25, -0.2) is 9.59 Å². The molecule has 0 saturated heterocycles. The molecule has 6 rings (SSSR count). The number of hydrogen-bond donors (Lipinski definition) is 5. The quantitative estimate of drug-likeness (QED) is 0.0835. The smallest absolute Gasteiger partial charge is 0.339 e. The highest BCUT2D eigenvalue weighted by Gasteiger charge is 2.22. The molecule has 1 aromatic heterocycles. The number of nitrogens with zero attached hydrogens (tertiary/aromatic N) is 2. The summed E-state index contributed by atoms with van der Waals surface area (Å²) in [4.78, 5) is 30.2. The number of carboxylic acids is 2. The van der Waals surface area contributed by atoms with Gasteiger partial charge in [0.15, 0.2) is 0 Å². The first-order valence-corrected chi connectivity index (χ1v) is 17.8. The van der Waals surface area contributed by atoms with Crippen molar-refractivity contribution >= 4 is 61.7 Å². The average molecular weight is 722 g/mol. The van der Waals surface area contributed by atoms with E-state index < -0.39 is 23.4 Å². The molecule has 0 saturated carbocycles. The van der Waals surface area contributed by atoms with Crippen LogP contribution in [0.1, 0.15) is 71.0 Å². The van der Waals surface area contributed by atoms with Gasteiger partial charge in [0.2, 0.25) is 0 Å². The van der Waals surface area contributed by atoms with Crippen molar-refractivity contribution in [1.29, 1.82) is 0 Å². The van der Waals surface area contributed by atoms with E-state index in [9.17, 15) is 30.0 Å². The summed E-state index contributed by atoms with van der Waals surface area (Å²) in [5.41, 5.74) is 3.42. The maximum atomic E-state index is 11.6. The lowest BCUT2D eigenvalue weighted by molar-refractivity contribution is 0.0682. The highest BCUT2D eigenvalue weighted by atomic mass is 35.5. The monoisotopic (exact) mass is 721 g/mol. The third kappa shape index (κ3) is 8.39. The Morgan fingerprint density at radius 2 is 1.35 bits per heavy atom. The Hall–Kier alpha value is -5.38. The van der Waals surface area contributed by atoms with E-state index in [1.807, 2.05) is 24.4 Å². The number of aromatic nitrogens is 1. The number of aromatic carboxylic acids is 2. The van der Waals surface area contributed by atoms with Gasteiger partial charge in [0, 0.05) is 45.9 Å². The molecule has 0 aliphatic carbocycles. The number of rotatable bonds is 12. The largest absolute Gasteiger partial charge is 0.507 e. The molecule has 10 heteroatoms. The highest BCUT2D eigenvalue weighted by Crippen LogP contribution is 2.39. The molecule has 0 radical (unpaired) electrons. The SMILES string of the molecule is CCN(CC)CCCC(C)Nc1c(C)cnc2ccc(Cl)cc12.O=C(O)c1cc2ccccc2c(Cc2c(O)c(C(=O)O)cc3ccccc23)c1O. The van der Waals surface area contributed by atoms with Gasteiger partial charge in [0.1, 0.15) is 22.6 Å². The second kappa shape index (κ2) is 16.8. The first kappa shape index (κ1) is 37.9. The topological polar surface area (TPSA) is 143 Å². The van der Waals surface area contributed by atoms with E-state index in [0.717, 1.165) is 46.7 Å². The van der Waals surface area contributed by atoms with Crippen molar-refractivity contribution < 1.29 is 30.0 Å². The fourth-order valence-electron chi connectivity index (χ4n) is 6.62. The Morgan fingerprint density at radius 3 is 1.87 bits per heavy atom. The number of benzene rings is 5. The van der Waals surface area contributed by atoms with E-state index in [1.54, 1.807) is 48.5 Å². The number of aryl methyl sites for hydroxylation is 1. The molecule has 5 aromatic carbocycles. The second-order valence-electron chi connectivity index (χ2n) is 12.9. The maximum absolute atomic E-state index is 11.6. The van der Waals surface area contributed by atoms with E-state index in [-0.39, 0.29) is 17.5 Å². The van der Waals surface area contributed by atoms with Gasteiger partial charge >= 0.3 is 11.9 Å². The summed E-state index contributed by atoms with van der Waals surface area (Å²) in [6.07, 6.45) is 4.25. The lowest BCUT2D eigenvalue weighted by Gasteiger charge is -2.21. The number of carboxylic acid groups (broad SMARTS) is 2. The number of carbonyl (C=O) groups is 2. The normalized spacial score (nSPS) is 11.8. The summed E-state index contributed by atoms with van der Waals surface area (Å²) in [6.45, 7) is 12.2. The van der Waals surface area contributed by atoms with Gasteiger partial charge in [-0.2, -0.15) is 0 Å². The number of pyridine rings is 1. The second-order valence-corrected chi connectivity index (χ2v) is 13.4. The molecular weight excluding hydrogens is 678 g/mol. The van der Waals surface area contributed by atoms with Crippen molar-refractivity contribution in [2.24, 2.45) is 0 Å². The minimum Gasteiger partial charge on any atom is -0.507 e. The Labute approximate surface area is 308 Å². The average Bonchev–Trinajstić information content (AvgIpc) is 3.13. The zero-order chi connectivity index (χ0) is 37.5. The van der Waals surface area contributed by atoms with Crippen LogP contribution in [-0.4, -0.2) is 67.9 Å². The van der Waals surface area contributed by atoms with Crippen LogP contribution in [0.15, 0.2) is 85.1 Å². The van der Waals surface area contributed by atoms with Crippen LogP contribution in [0.2, 0.25) is 5.02 Å². The minimum atomic E-state index is -1.28. The summed E-state index contributed by atoms with van der Waals surface area (Å²) in [5.74, 6) is -3.36. The summed E-state index contributed by atoms with van der Waals surface area (Å²) >= 11 is 6.17. The molecule has 270 valence electrons. The van der Waals surface area contributed by atoms with Crippen LogP contribution in [-0.2, 0) is 6.42 Å². The van der Waals surface area contributed by atoms with E-state index in [2.05, 4.69) is 42.9 Å². The minimum absolute atomic E-state index is 0.0407. The first-order chi connectivity index (χ1) is 24.9. The number of fused-ring (bicyclic) bond motifs is 3. The van der Waals surface area contributed by atoms with Crippen molar-refractivity contribution in [2.75, 3.05) is 25.0 Å². The zero-order valence-electron chi connectivity index (χ0n) is 29.8. The third-order valence-corrected chi connectivity index (χ3v) is 9.72. The predicted octanol–water partition coefficient (Wildman–Crippen LogP) is 9.51. The summed E-state index contributed by atoms with van der Waals surface area (Å²) in [7, 11) is 0. The highest BCUT2D eigenvalue weighted by molar-refractivity contribution is 6.31. The van der Waals surface area contributed by atoms with Crippen molar-refractivity contribution in [3.05, 3.63) is 118 Å². The number of nitrogens with one attached hydrogen (secondary N) is 1. The van der Waals surface area contributed by atoms with Gasteiger partial charge in [-0.3, -0.25) is 4.98 Å². The Morgan fingerprint density at radius 1 is 0.808 bits per heavy atom. The van der Waals surface area contributed by atoms with E-state index in [0.29, 0.717) is 38.7 Å². The lowest BCUT2D eigenvalue weighted by Crippen LogP contribution is -2.25. The molecule has 1 unspecified atom stereocenters. The van der Waals surface area contributed by atoms with Crippen LogP contribution in [0, 0.1) is 6.92 Å². The van der Waals surface area contributed by atoms with Gasteiger partial charge in [0.25, 0.3) is 0 Å². The van der Waals surface area contributed by atoms with Crippen molar-refractivity contribution in [1.82, 2.24) is 9.88 Å². The number of phenols is 2. The van der Waals surface area contributed by atoms with Crippen molar-refractivity contribution in [3.63, 3.8) is 0 Å². The number of anilines is 1. The lowest BCUT2D eigenvalue weighted by atomic mass is 9.90. The molecule has 0 amide bonds. The Kier molecular flexibility index (Phi) is 12.2. The molecule has 0 aliphatic heterocycles. The third-order valence-electron chi connectivity index (χ3n) is 9.48. The molecule has 5 N–H and O–H groups in total. The van der Waals surface area contributed by atoms with Crippen LogP contribution in [0.5, 0.6) is 11.5 Å². The van der Waals surface area contributed by atoms with Gasteiger partial charge in [-0.05, 0) is 104 Å². The number of hydrogen-bond acceptors (Lipinski definition) is 7. The van der Waals surface area contributed by atoms with Crippen LogP contribution < -0.4 is 5.32 Å². The molecule has 0 bridgehead atoms. The van der Waals surface area contributed by atoms with Crippen LogP contribution in [0.4, 0.5) is 5.69 Å². The molecule has 9 nitrogen and oxygen atoms in total. The fraction of sp³-hybridized carbons (Fsp3) is 0.262. The molecule has 0 fully saturated rings. The van der Waals surface area contributed by atoms with Gasteiger partial charge < -0.3 is 30.6 Å². The summed E-state index contributed by atoms with van der Waals surface area (Å²) in [5, 5.41) is 48.3. The fourth-order valence-corrected chi connectivity index (χ4v) is 6.79. The van der Waals surface area contributed by atoms with E-state index in [4.69, 9.17) is 11.6 Å². The number of halogens is 1. The van der Waals surface area contributed by atoms with Crippen LogP contribution in [0.3, 0.4) is 0 Å². The van der Waals surface area contributed by atoms with Crippen LogP contribution >= 0.6 is 11.6 Å². The zero-order valence-corrected chi connectivity index (χ0v) is 30.5. The summed E-state index contributed by atoms with van der Waals surface area (Å²) in [6, 6.07) is 23.1. The van der Waals surface area contributed by atoms with E-state index >= 15 is 0 Å². The van der Waals surface area contributed by atoms with Crippen molar-refractivity contribution in [2.45, 2.75) is 53.0 Å². The maximum Gasteiger partial charge on any atom is 0.339 e. The molecule has 0 spiro atoms. The molecule has 6 aromatic rings. The Bertz CT molecular complexity index is 2150. The van der Waals surface area contributed by atoms with Gasteiger partial charge in [0.05, 0.1) is 5.52 Å². The first-order valence-electron chi connectivity index (χ1n) is 17.4. The van der Waals surface area contributed by atoms with Crippen LogP contribution in [0.25, 0.3) is 32.4 Å². The number of aromatic hydroxyl groups is 2.